The number of methoxy groups -OCH3 is 1. The zero-order valence-electron chi connectivity index (χ0n) is 13.3. The Balaban J connectivity index is 2.11. The molecule has 0 heterocycles. The van der Waals surface area contributed by atoms with Crippen molar-refractivity contribution in [2.45, 2.75) is 45.1 Å². The van der Waals surface area contributed by atoms with Crippen LogP contribution in [0.25, 0.3) is 0 Å². The van der Waals surface area contributed by atoms with Gasteiger partial charge in [-0.1, -0.05) is 24.6 Å². The molecule has 1 aliphatic rings. The first-order chi connectivity index (χ1) is 10.3. The number of hydrogen-bond donors (Lipinski definition) is 2. The summed E-state index contributed by atoms with van der Waals surface area (Å²) < 4.78 is 5.34. The lowest BCUT2D eigenvalue weighted by Gasteiger charge is -2.38. The molecule has 5 heteroatoms. The standard InChI is InChI=1S/C17H23NO4/c1-16(2,12-7-4-5-8-13(12)22-3)18-14(19)11-17(15(20)21)9-6-10-17/h4-5,7-8H,6,9-11H2,1-3H3,(H,18,19)(H,20,21). The highest BCUT2D eigenvalue weighted by molar-refractivity contribution is 5.86. The van der Waals surface area contributed by atoms with Crippen LogP contribution >= 0.6 is 0 Å². The van der Waals surface area contributed by atoms with Gasteiger partial charge in [0.05, 0.1) is 18.1 Å². The Labute approximate surface area is 130 Å². The van der Waals surface area contributed by atoms with E-state index in [4.69, 9.17) is 4.74 Å². The molecule has 0 aromatic heterocycles. The number of carboxylic acids is 1. The molecular weight excluding hydrogens is 282 g/mol. The lowest BCUT2D eigenvalue weighted by atomic mass is 9.66. The van der Waals surface area contributed by atoms with Crippen LogP contribution in [0.3, 0.4) is 0 Å². The third-order valence-corrected chi connectivity index (χ3v) is 4.50. The molecule has 0 unspecified atom stereocenters. The first-order valence-electron chi connectivity index (χ1n) is 7.49. The van der Waals surface area contributed by atoms with E-state index in [1.54, 1.807) is 7.11 Å². The lowest BCUT2D eigenvalue weighted by molar-refractivity contribution is -0.157. The van der Waals surface area contributed by atoms with E-state index < -0.39 is 16.9 Å². The largest absolute Gasteiger partial charge is 0.496 e. The molecule has 1 aliphatic carbocycles. The minimum Gasteiger partial charge on any atom is -0.496 e. The molecule has 0 aliphatic heterocycles. The maximum Gasteiger partial charge on any atom is 0.310 e. The first-order valence-corrected chi connectivity index (χ1v) is 7.49. The number of hydrogen-bond acceptors (Lipinski definition) is 3. The zero-order chi connectivity index (χ0) is 16.4. The van der Waals surface area contributed by atoms with E-state index in [1.165, 1.54) is 0 Å². The Morgan fingerprint density at radius 3 is 2.45 bits per heavy atom. The van der Waals surface area contributed by atoms with E-state index in [9.17, 15) is 14.7 Å². The quantitative estimate of drug-likeness (QED) is 0.847. The first kappa shape index (κ1) is 16.3. The summed E-state index contributed by atoms with van der Waals surface area (Å²) in [5.74, 6) is -0.411. The highest BCUT2D eigenvalue weighted by Crippen LogP contribution is 2.44. The van der Waals surface area contributed by atoms with Crippen molar-refractivity contribution in [3.05, 3.63) is 29.8 Å². The maximum absolute atomic E-state index is 12.3. The minimum atomic E-state index is -0.874. The number of carbonyl (C=O) groups is 2. The summed E-state index contributed by atoms with van der Waals surface area (Å²) in [6.45, 7) is 3.77. The van der Waals surface area contributed by atoms with Gasteiger partial charge in [-0.2, -0.15) is 0 Å². The summed E-state index contributed by atoms with van der Waals surface area (Å²) in [5.41, 5.74) is -0.641. The van der Waals surface area contributed by atoms with Crippen molar-refractivity contribution in [3.8, 4) is 5.75 Å². The molecule has 0 radical (unpaired) electrons. The number of carbonyl (C=O) groups excluding carboxylic acids is 1. The van der Waals surface area contributed by atoms with Crippen LogP contribution in [0.5, 0.6) is 5.75 Å². The second kappa shape index (κ2) is 5.99. The molecule has 0 bridgehead atoms. The van der Waals surface area contributed by atoms with Crippen molar-refractivity contribution < 1.29 is 19.4 Å². The van der Waals surface area contributed by atoms with Crippen LogP contribution < -0.4 is 10.1 Å². The van der Waals surface area contributed by atoms with Crippen LogP contribution in [0.2, 0.25) is 0 Å². The van der Waals surface area contributed by atoms with Gasteiger partial charge in [0.15, 0.2) is 0 Å². The number of para-hydroxylation sites is 1. The van der Waals surface area contributed by atoms with E-state index in [2.05, 4.69) is 5.32 Å². The van der Waals surface area contributed by atoms with E-state index >= 15 is 0 Å². The smallest absolute Gasteiger partial charge is 0.310 e. The van der Waals surface area contributed by atoms with Crippen molar-refractivity contribution in [3.63, 3.8) is 0 Å². The van der Waals surface area contributed by atoms with Crippen molar-refractivity contribution >= 4 is 11.9 Å². The predicted molar refractivity (Wildman–Crippen MR) is 82.7 cm³/mol. The van der Waals surface area contributed by atoms with E-state index in [0.717, 1.165) is 12.0 Å². The van der Waals surface area contributed by atoms with Gasteiger partial charge < -0.3 is 15.2 Å². The van der Waals surface area contributed by atoms with Gasteiger partial charge >= 0.3 is 5.97 Å². The molecule has 0 spiro atoms. The van der Waals surface area contributed by atoms with Crippen LogP contribution in [0, 0.1) is 5.41 Å². The van der Waals surface area contributed by atoms with Gasteiger partial charge in [-0.25, -0.2) is 0 Å². The molecule has 1 saturated carbocycles. The van der Waals surface area contributed by atoms with Gasteiger partial charge in [-0.3, -0.25) is 9.59 Å². The fourth-order valence-corrected chi connectivity index (χ4v) is 3.00. The molecule has 120 valence electrons. The van der Waals surface area contributed by atoms with E-state index in [-0.39, 0.29) is 12.3 Å². The van der Waals surface area contributed by atoms with Gasteiger partial charge in [-0.05, 0) is 32.8 Å². The van der Waals surface area contributed by atoms with Crippen molar-refractivity contribution in [1.29, 1.82) is 0 Å². The molecule has 1 aromatic rings. The van der Waals surface area contributed by atoms with Gasteiger partial charge in [0, 0.05) is 12.0 Å². The molecule has 5 nitrogen and oxygen atoms in total. The Morgan fingerprint density at radius 2 is 1.95 bits per heavy atom. The molecule has 1 fully saturated rings. The predicted octanol–water partition coefficient (Wildman–Crippen LogP) is 2.69. The van der Waals surface area contributed by atoms with Crippen molar-refractivity contribution in [2.75, 3.05) is 7.11 Å². The van der Waals surface area contributed by atoms with Crippen LogP contribution in [0.1, 0.15) is 45.1 Å². The molecule has 1 amide bonds. The number of benzene rings is 1. The Morgan fingerprint density at radius 1 is 1.32 bits per heavy atom. The summed E-state index contributed by atoms with van der Waals surface area (Å²) in [5, 5.41) is 12.3. The molecule has 0 atom stereocenters. The van der Waals surface area contributed by atoms with Gasteiger partial charge in [-0.15, -0.1) is 0 Å². The minimum absolute atomic E-state index is 0.0287. The Hall–Kier alpha value is -2.04. The van der Waals surface area contributed by atoms with Crippen LogP contribution in [0.15, 0.2) is 24.3 Å². The SMILES string of the molecule is COc1ccccc1C(C)(C)NC(=O)CC1(C(=O)O)CCC1. The van der Waals surface area contributed by atoms with Crippen LogP contribution in [-0.2, 0) is 15.1 Å². The summed E-state index contributed by atoms with van der Waals surface area (Å²) in [6, 6.07) is 7.49. The number of aliphatic carboxylic acids is 1. The Kier molecular flexibility index (Phi) is 4.44. The molecule has 22 heavy (non-hydrogen) atoms. The van der Waals surface area contributed by atoms with Crippen molar-refractivity contribution in [1.82, 2.24) is 5.32 Å². The average molecular weight is 305 g/mol. The highest BCUT2D eigenvalue weighted by atomic mass is 16.5. The lowest BCUT2D eigenvalue weighted by Crippen LogP contribution is -2.47. The monoisotopic (exact) mass is 305 g/mol. The molecule has 2 rings (SSSR count). The number of amides is 1. The van der Waals surface area contributed by atoms with Gasteiger partial charge in [0.2, 0.25) is 5.91 Å². The van der Waals surface area contributed by atoms with Gasteiger partial charge in [0.1, 0.15) is 5.75 Å². The molecule has 1 aromatic carbocycles. The molecule has 2 N–H and O–H groups in total. The van der Waals surface area contributed by atoms with Crippen molar-refractivity contribution in [2.24, 2.45) is 5.41 Å². The Bertz CT molecular complexity index is 576. The second-order valence-corrected chi connectivity index (χ2v) is 6.49. The highest BCUT2D eigenvalue weighted by Gasteiger charge is 2.46. The second-order valence-electron chi connectivity index (χ2n) is 6.49. The normalized spacial score (nSPS) is 16.5. The van der Waals surface area contributed by atoms with Crippen LogP contribution in [0.4, 0.5) is 0 Å². The number of carboxylic acid groups (broad SMARTS) is 1. The van der Waals surface area contributed by atoms with E-state index in [1.807, 2.05) is 38.1 Å². The summed E-state index contributed by atoms with van der Waals surface area (Å²) in [4.78, 5) is 23.7. The van der Waals surface area contributed by atoms with Gasteiger partial charge in [0.25, 0.3) is 0 Å². The summed E-state index contributed by atoms with van der Waals surface area (Å²) >= 11 is 0. The molecular formula is C17H23NO4. The molecule has 0 saturated heterocycles. The maximum atomic E-state index is 12.3. The number of ether oxygens (including phenoxy) is 1. The number of nitrogens with one attached hydrogen (secondary N) is 1. The number of rotatable bonds is 6. The summed E-state index contributed by atoms with van der Waals surface area (Å²) in [6.07, 6.45) is 2.05. The fourth-order valence-electron chi connectivity index (χ4n) is 3.00. The zero-order valence-corrected chi connectivity index (χ0v) is 13.3. The van der Waals surface area contributed by atoms with E-state index in [0.29, 0.717) is 18.6 Å². The average Bonchev–Trinajstić information content (AvgIpc) is 2.42. The van der Waals surface area contributed by atoms with Crippen LogP contribution in [-0.4, -0.2) is 24.1 Å². The fraction of sp³-hybridized carbons (Fsp3) is 0.529. The third kappa shape index (κ3) is 3.08. The summed E-state index contributed by atoms with van der Waals surface area (Å²) in [7, 11) is 1.59. The third-order valence-electron chi connectivity index (χ3n) is 4.50. The topological polar surface area (TPSA) is 75.6 Å².